The molecule has 4 aromatic rings. The maximum absolute atomic E-state index is 5.86. The van der Waals surface area contributed by atoms with Crippen molar-refractivity contribution in [3.8, 4) is 29.6 Å². The van der Waals surface area contributed by atoms with Gasteiger partial charge in [-0.2, -0.15) is 0 Å². The predicted molar refractivity (Wildman–Crippen MR) is 108 cm³/mol. The summed E-state index contributed by atoms with van der Waals surface area (Å²) in [7, 11) is 1.63. The van der Waals surface area contributed by atoms with E-state index in [0.717, 1.165) is 27.4 Å². The predicted octanol–water partition coefficient (Wildman–Crippen LogP) is 5.22. The Morgan fingerprint density at radius 3 is 2.59 bits per heavy atom. The molecule has 0 aliphatic carbocycles. The lowest BCUT2D eigenvalue weighted by Gasteiger charge is -2.10. The molecule has 132 valence electrons. The second-order valence-corrected chi connectivity index (χ2v) is 6.52. The van der Waals surface area contributed by atoms with Crippen molar-refractivity contribution in [1.29, 1.82) is 0 Å². The Balaban J connectivity index is 1.55. The summed E-state index contributed by atoms with van der Waals surface area (Å²) < 4.78 is 12.0. The van der Waals surface area contributed by atoms with Crippen molar-refractivity contribution in [3.63, 3.8) is 0 Å². The molecule has 0 amide bonds. The number of benzene rings is 2. The summed E-state index contributed by atoms with van der Waals surface area (Å²) in [5.41, 5.74) is 1.72. The van der Waals surface area contributed by atoms with Crippen LogP contribution in [0.3, 0.4) is 0 Å². The molecule has 0 spiro atoms. The molecule has 0 aliphatic heterocycles. The van der Waals surface area contributed by atoms with Crippen LogP contribution in [0.5, 0.6) is 17.2 Å². The van der Waals surface area contributed by atoms with E-state index < -0.39 is 0 Å². The van der Waals surface area contributed by atoms with Gasteiger partial charge in [0.2, 0.25) is 5.82 Å². The topological polar surface area (TPSA) is 56.3 Å². The molecule has 0 saturated heterocycles. The maximum atomic E-state index is 5.86. The Bertz CT molecular complexity index is 1130. The molecule has 27 heavy (non-hydrogen) atoms. The Morgan fingerprint density at radius 2 is 1.81 bits per heavy atom. The van der Waals surface area contributed by atoms with Gasteiger partial charge in [0.1, 0.15) is 17.2 Å². The van der Waals surface area contributed by atoms with Crippen molar-refractivity contribution in [2.24, 2.45) is 0 Å². The van der Waals surface area contributed by atoms with Crippen molar-refractivity contribution < 1.29 is 9.47 Å². The summed E-state index contributed by atoms with van der Waals surface area (Å²) in [6.45, 7) is 0. The zero-order valence-corrected chi connectivity index (χ0v) is 15.3. The van der Waals surface area contributed by atoms with Crippen LogP contribution in [0.4, 0.5) is 11.5 Å². The Labute approximate surface area is 160 Å². The van der Waals surface area contributed by atoms with Gasteiger partial charge in [0.25, 0.3) is 0 Å². The van der Waals surface area contributed by atoms with Gasteiger partial charge in [0.15, 0.2) is 5.82 Å². The minimum atomic E-state index is 0.362. The molecule has 2 aromatic heterocycles. The van der Waals surface area contributed by atoms with Crippen LogP contribution in [0.15, 0.2) is 60.0 Å². The van der Waals surface area contributed by atoms with Crippen molar-refractivity contribution in [1.82, 2.24) is 9.97 Å². The molecular weight excluding hydrogens is 358 g/mol. The molecular formula is C21H15N3O2S. The number of nitrogens with zero attached hydrogens (tertiary/aromatic N) is 2. The monoisotopic (exact) mass is 373 g/mol. The van der Waals surface area contributed by atoms with Crippen molar-refractivity contribution in [3.05, 3.63) is 65.8 Å². The van der Waals surface area contributed by atoms with E-state index in [1.54, 1.807) is 18.4 Å². The Morgan fingerprint density at radius 1 is 1.00 bits per heavy atom. The first-order valence-corrected chi connectivity index (χ1v) is 9.04. The number of terminal acetylenes is 1. The lowest BCUT2D eigenvalue weighted by atomic mass is 10.3. The molecule has 5 nitrogen and oxygen atoms in total. The lowest BCUT2D eigenvalue weighted by molar-refractivity contribution is 0.409. The molecule has 1 N–H and O–H groups in total. The van der Waals surface area contributed by atoms with E-state index in [1.165, 1.54) is 0 Å². The van der Waals surface area contributed by atoms with E-state index in [0.29, 0.717) is 17.4 Å². The van der Waals surface area contributed by atoms with Gasteiger partial charge < -0.3 is 14.8 Å². The van der Waals surface area contributed by atoms with E-state index in [1.807, 2.05) is 60.0 Å². The van der Waals surface area contributed by atoms with Gasteiger partial charge in [-0.1, -0.05) is 6.07 Å². The first kappa shape index (κ1) is 16.9. The summed E-state index contributed by atoms with van der Waals surface area (Å²) in [5.74, 6) is 5.74. The molecule has 6 heteroatoms. The zero-order valence-electron chi connectivity index (χ0n) is 14.5. The lowest BCUT2D eigenvalue weighted by Crippen LogP contribution is -1.98. The number of aromatic nitrogens is 2. The van der Waals surface area contributed by atoms with Crippen LogP contribution >= 0.6 is 11.3 Å². The molecule has 4 rings (SSSR count). The van der Waals surface area contributed by atoms with Crippen LogP contribution in [-0.4, -0.2) is 17.1 Å². The van der Waals surface area contributed by atoms with Gasteiger partial charge in [0.05, 0.1) is 17.3 Å². The van der Waals surface area contributed by atoms with E-state index >= 15 is 0 Å². The number of hydrogen-bond donors (Lipinski definition) is 1. The normalized spacial score (nSPS) is 10.4. The van der Waals surface area contributed by atoms with Crippen LogP contribution in [0.1, 0.15) is 5.82 Å². The summed E-state index contributed by atoms with van der Waals surface area (Å²) >= 11 is 1.57. The molecule has 2 heterocycles. The van der Waals surface area contributed by atoms with Gasteiger partial charge in [-0.3, -0.25) is 0 Å². The van der Waals surface area contributed by atoms with Gasteiger partial charge >= 0.3 is 0 Å². The highest BCUT2D eigenvalue weighted by atomic mass is 32.1. The Hall–Kier alpha value is -3.56. The van der Waals surface area contributed by atoms with Crippen molar-refractivity contribution >= 4 is 33.1 Å². The van der Waals surface area contributed by atoms with Gasteiger partial charge in [-0.25, -0.2) is 9.97 Å². The molecule has 0 bridgehead atoms. The van der Waals surface area contributed by atoms with Crippen LogP contribution in [0.25, 0.3) is 10.2 Å². The quantitative estimate of drug-likeness (QED) is 0.486. The number of ether oxygens (including phenoxy) is 2. The van der Waals surface area contributed by atoms with Gasteiger partial charge in [0, 0.05) is 11.8 Å². The summed E-state index contributed by atoms with van der Waals surface area (Å²) in [6, 6.07) is 17.0. The molecule has 0 aliphatic rings. The van der Waals surface area contributed by atoms with Crippen LogP contribution < -0.4 is 14.8 Å². The highest BCUT2D eigenvalue weighted by molar-refractivity contribution is 7.17. The highest BCUT2D eigenvalue weighted by Gasteiger charge is 2.09. The number of anilines is 2. The van der Waals surface area contributed by atoms with E-state index in [9.17, 15) is 0 Å². The maximum Gasteiger partial charge on any atom is 0.207 e. The highest BCUT2D eigenvalue weighted by Crippen LogP contribution is 2.30. The number of methoxy groups -OCH3 is 1. The third-order valence-corrected chi connectivity index (χ3v) is 4.74. The number of thiophene rings is 1. The van der Waals surface area contributed by atoms with Crippen LogP contribution in [0, 0.1) is 12.3 Å². The molecule has 0 unspecified atom stereocenters. The standard InChI is InChI=1S/C21H15N3O2S/c1-3-19-23-18-11-12-27-20(18)21(24-19)22-14-7-9-15(10-8-14)26-17-6-4-5-16(13-17)25-2/h1,4-13H,2H3,(H,22,23,24). The van der Waals surface area contributed by atoms with Crippen molar-refractivity contribution in [2.45, 2.75) is 0 Å². The molecule has 0 atom stereocenters. The first-order valence-electron chi connectivity index (χ1n) is 8.16. The van der Waals surface area contributed by atoms with E-state index in [4.69, 9.17) is 15.9 Å². The number of hydrogen-bond acceptors (Lipinski definition) is 6. The van der Waals surface area contributed by atoms with Gasteiger partial charge in [-0.15, -0.1) is 17.8 Å². The summed E-state index contributed by atoms with van der Waals surface area (Å²) in [4.78, 5) is 8.73. The average Bonchev–Trinajstić information content (AvgIpc) is 3.18. The van der Waals surface area contributed by atoms with E-state index in [-0.39, 0.29) is 0 Å². The Kier molecular flexibility index (Phi) is 4.60. The smallest absolute Gasteiger partial charge is 0.207 e. The fourth-order valence-electron chi connectivity index (χ4n) is 2.56. The van der Waals surface area contributed by atoms with Crippen molar-refractivity contribution in [2.75, 3.05) is 12.4 Å². The average molecular weight is 373 g/mol. The fraction of sp³-hybridized carbons (Fsp3) is 0.0476. The molecule has 2 aromatic carbocycles. The second kappa shape index (κ2) is 7.36. The second-order valence-electron chi connectivity index (χ2n) is 5.61. The number of nitrogens with one attached hydrogen (secondary N) is 1. The zero-order chi connectivity index (χ0) is 18.6. The molecule has 0 saturated carbocycles. The molecule has 0 radical (unpaired) electrons. The third kappa shape index (κ3) is 3.68. The largest absolute Gasteiger partial charge is 0.497 e. The van der Waals surface area contributed by atoms with Crippen LogP contribution in [-0.2, 0) is 0 Å². The van der Waals surface area contributed by atoms with Crippen LogP contribution in [0.2, 0.25) is 0 Å². The minimum absolute atomic E-state index is 0.362. The number of rotatable bonds is 5. The third-order valence-electron chi connectivity index (χ3n) is 3.83. The summed E-state index contributed by atoms with van der Waals surface area (Å²) in [6.07, 6.45) is 5.46. The first-order chi connectivity index (χ1) is 13.2. The van der Waals surface area contributed by atoms with Gasteiger partial charge in [-0.05, 0) is 53.8 Å². The number of fused-ring (bicyclic) bond motifs is 1. The summed E-state index contributed by atoms with van der Waals surface area (Å²) in [5, 5.41) is 5.27. The fourth-order valence-corrected chi connectivity index (χ4v) is 3.33. The van der Waals surface area contributed by atoms with E-state index in [2.05, 4.69) is 21.2 Å². The SMILES string of the molecule is C#Cc1nc(Nc2ccc(Oc3cccc(OC)c3)cc2)c2sccc2n1. The minimum Gasteiger partial charge on any atom is -0.497 e. The molecule has 0 fully saturated rings.